The van der Waals surface area contributed by atoms with E-state index in [2.05, 4.69) is 41.2 Å². The summed E-state index contributed by atoms with van der Waals surface area (Å²) in [6.07, 6.45) is -1.11. The molecule has 12 heteroatoms. The van der Waals surface area contributed by atoms with Crippen molar-refractivity contribution in [2.45, 2.75) is 44.1 Å². The molecule has 0 bridgehead atoms. The molecular weight excluding hydrogens is 372 g/mol. The van der Waals surface area contributed by atoms with Gasteiger partial charge in [0.25, 0.3) is 0 Å². The zero-order valence-electron chi connectivity index (χ0n) is 13.8. The first kappa shape index (κ1) is 23.5. The Morgan fingerprint density at radius 1 is 0.920 bits per heavy atom. The highest BCUT2D eigenvalue weighted by atomic mass is 32.1. The second-order valence-electron chi connectivity index (χ2n) is 5.32. The molecule has 0 rings (SSSR count). The molecule has 0 aliphatic carbocycles. The molecule has 0 aliphatic heterocycles. The van der Waals surface area contributed by atoms with Crippen LogP contribution in [0.5, 0.6) is 0 Å². The number of hydrogen-bond donors (Lipinski definition) is 8. The molecule has 0 aromatic carbocycles. The van der Waals surface area contributed by atoms with E-state index < -0.39 is 54.0 Å². The number of carbonyl (C=O) groups is 4. The lowest BCUT2D eigenvalue weighted by Gasteiger charge is -2.23. The van der Waals surface area contributed by atoms with Gasteiger partial charge in [0.2, 0.25) is 17.7 Å². The number of aliphatic hydroxyl groups is 1. The van der Waals surface area contributed by atoms with Crippen molar-refractivity contribution in [2.75, 3.05) is 11.5 Å². The van der Waals surface area contributed by atoms with Crippen LogP contribution in [0, 0.1) is 0 Å². The highest BCUT2D eigenvalue weighted by Gasteiger charge is 2.28. The standard InChI is InChI=1S/C13H24N4O6S2/c1-5(13(22)23)15-10(19)7(3-24)16-11(20)8(4-25)17-12(21)9(14)6(2)18/h5-9,18,24-25H,3-4,14H2,1-2H3,(H,15,19)(H,16,20)(H,17,21)(H,22,23). The number of rotatable bonds is 10. The summed E-state index contributed by atoms with van der Waals surface area (Å²) in [7, 11) is 0. The maximum atomic E-state index is 12.2. The van der Waals surface area contributed by atoms with E-state index in [1.165, 1.54) is 13.8 Å². The van der Waals surface area contributed by atoms with Crippen LogP contribution in [0.25, 0.3) is 0 Å². The Morgan fingerprint density at radius 3 is 1.68 bits per heavy atom. The second kappa shape index (κ2) is 11.2. The third kappa shape index (κ3) is 7.94. The molecule has 0 saturated carbocycles. The molecule has 0 aromatic heterocycles. The SMILES string of the molecule is CC(NC(=O)C(CS)NC(=O)C(CS)NC(=O)C(N)C(C)O)C(=O)O. The highest BCUT2D eigenvalue weighted by molar-refractivity contribution is 7.80. The average Bonchev–Trinajstić information content (AvgIpc) is 2.55. The van der Waals surface area contributed by atoms with Crippen molar-refractivity contribution in [1.29, 1.82) is 0 Å². The van der Waals surface area contributed by atoms with Crippen LogP contribution in [0.2, 0.25) is 0 Å². The normalized spacial score (nSPS) is 16.7. The second-order valence-corrected chi connectivity index (χ2v) is 6.05. The summed E-state index contributed by atoms with van der Waals surface area (Å²) in [4.78, 5) is 46.7. The van der Waals surface area contributed by atoms with Gasteiger partial charge >= 0.3 is 5.97 Å². The summed E-state index contributed by atoms with van der Waals surface area (Å²) >= 11 is 7.91. The molecule has 0 heterocycles. The zero-order chi connectivity index (χ0) is 19.7. The van der Waals surface area contributed by atoms with Gasteiger partial charge in [0, 0.05) is 11.5 Å². The van der Waals surface area contributed by atoms with Crippen molar-refractivity contribution in [3.8, 4) is 0 Å². The van der Waals surface area contributed by atoms with Crippen LogP contribution in [0.1, 0.15) is 13.8 Å². The molecular formula is C13H24N4O6S2. The molecule has 0 radical (unpaired) electrons. The quantitative estimate of drug-likeness (QED) is 0.183. The van der Waals surface area contributed by atoms with E-state index in [9.17, 15) is 24.3 Å². The topological polar surface area (TPSA) is 171 Å². The molecule has 0 saturated heterocycles. The van der Waals surface area contributed by atoms with Gasteiger partial charge in [-0.05, 0) is 13.8 Å². The molecule has 0 aromatic rings. The largest absolute Gasteiger partial charge is 0.480 e. The Kier molecular flexibility index (Phi) is 10.5. The van der Waals surface area contributed by atoms with Gasteiger partial charge in [0.1, 0.15) is 24.2 Å². The number of thiol groups is 2. The van der Waals surface area contributed by atoms with Crippen LogP contribution in [-0.4, -0.2) is 75.7 Å². The Morgan fingerprint density at radius 2 is 1.32 bits per heavy atom. The van der Waals surface area contributed by atoms with Crippen molar-refractivity contribution in [3.05, 3.63) is 0 Å². The minimum atomic E-state index is -1.23. The van der Waals surface area contributed by atoms with Crippen LogP contribution in [0.4, 0.5) is 0 Å². The number of carboxylic acids is 1. The predicted octanol–water partition coefficient (Wildman–Crippen LogP) is -2.89. The fourth-order valence-corrected chi connectivity index (χ4v) is 2.04. The van der Waals surface area contributed by atoms with E-state index in [0.717, 1.165) is 0 Å². The predicted molar refractivity (Wildman–Crippen MR) is 96.5 cm³/mol. The van der Waals surface area contributed by atoms with Crippen LogP contribution >= 0.6 is 25.3 Å². The lowest BCUT2D eigenvalue weighted by molar-refractivity contribution is -0.141. The minimum Gasteiger partial charge on any atom is -0.480 e. The van der Waals surface area contributed by atoms with Gasteiger partial charge in [-0.15, -0.1) is 0 Å². The third-order valence-electron chi connectivity index (χ3n) is 3.18. The molecule has 7 N–H and O–H groups in total. The van der Waals surface area contributed by atoms with E-state index in [4.69, 9.17) is 10.8 Å². The monoisotopic (exact) mass is 396 g/mol. The van der Waals surface area contributed by atoms with Crippen LogP contribution < -0.4 is 21.7 Å². The number of amides is 3. The minimum absolute atomic E-state index is 0.0868. The molecule has 144 valence electrons. The summed E-state index contributed by atoms with van der Waals surface area (Å²) in [5.41, 5.74) is 5.47. The van der Waals surface area contributed by atoms with Crippen LogP contribution in [-0.2, 0) is 19.2 Å². The number of aliphatic hydroxyl groups excluding tert-OH is 1. The van der Waals surface area contributed by atoms with Gasteiger partial charge in [-0.25, -0.2) is 0 Å². The van der Waals surface area contributed by atoms with E-state index in [0.29, 0.717) is 0 Å². The summed E-state index contributed by atoms with van der Waals surface area (Å²) < 4.78 is 0. The van der Waals surface area contributed by atoms with Gasteiger partial charge in [-0.3, -0.25) is 19.2 Å². The molecule has 25 heavy (non-hydrogen) atoms. The number of carboxylic acid groups (broad SMARTS) is 1. The molecule has 10 nitrogen and oxygen atoms in total. The highest BCUT2D eigenvalue weighted by Crippen LogP contribution is 1.97. The fraction of sp³-hybridized carbons (Fsp3) is 0.692. The summed E-state index contributed by atoms with van der Waals surface area (Å²) in [5, 5.41) is 24.9. The van der Waals surface area contributed by atoms with Crippen molar-refractivity contribution in [3.63, 3.8) is 0 Å². The number of hydrogen-bond acceptors (Lipinski definition) is 8. The van der Waals surface area contributed by atoms with Crippen molar-refractivity contribution in [2.24, 2.45) is 5.73 Å². The molecule has 0 spiro atoms. The lowest BCUT2D eigenvalue weighted by Crippen LogP contribution is -2.58. The molecule has 5 atom stereocenters. The van der Waals surface area contributed by atoms with Gasteiger partial charge in [-0.1, -0.05) is 0 Å². The Labute approximate surface area is 156 Å². The van der Waals surface area contributed by atoms with Crippen molar-refractivity contribution >= 4 is 48.9 Å². The van der Waals surface area contributed by atoms with Crippen molar-refractivity contribution in [1.82, 2.24) is 16.0 Å². The van der Waals surface area contributed by atoms with Gasteiger partial charge < -0.3 is 31.9 Å². The van der Waals surface area contributed by atoms with E-state index in [-0.39, 0.29) is 11.5 Å². The average molecular weight is 396 g/mol. The summed E-state index contributed by atoms with van der Waals surface area (Å²) in [6, 6.07) is -4.58. The van der Waals surface area contributed by atoms with E-state index in [1.54, 1.807) is 0 Å². The van der Waals surface area contributed by atoms with Gasteiger partial charge in [0.05, 0.1) is 6.10 Å². The summed E-state index contributed by atoms with van der Waals surface area (Å²) in [5.74, 6) is -3.62. The first-order chi connectivity index (χ1) is 11.5. The maximum Gasteiger partial charge on any atom is 0.325 e. The lowest BCUT2D eigenvalue weighted by atomic mass is 10.1. The molecule has 0 fully saturated rings. The number of nitrogens with one attached hydrogen (secondary N) is 3. The molecule has 3 amide bonds. The summed E-state index contributed by atoms with van der Waals surface area (Å²) in [6.45, 7) is 2.59. The van der Waals surface area contributed by atoms with E-state index in [1.807, 2.05) is 0 Å². The number of aliphatic carboxylic acids is 1. The van der Waals surface area contributed by atoms with Gasteiger partial charge in [-0.2, -0.15) is 25.3 Å². The maximum absolute atomic E-state index is 12.2. The van der Waals surface area contributed by atoms with Crippen LogP contribution in [0.15, 0.2) is 0 Å². The Bertz CT molecular complexity index is 505. The zero-order valence-corrected chi connectivity index (χ0v) is 15.6. The Balaban J connectivity index is 4.84. The number of carbonyl (C=O) groups excluding carboxylic acids is 3. The Hall–Kier alpha value is -1.50. The third-order valence-corrected chi connectivity index (χ3v) is 3.91. The first-order valence-electron chi connectivity index (χ1n) is 7.34. The first-order valence-corrected chi connectivity index (χ1v) is 8.60. The molecule has 0 aliphatic rings. The van der Waals surface area contributed by atoms with E-state index >= 15 is 0 Å². The fourth-order valence-electron chi connectivity index (χ4n) is 1.52. The van der Waals surface area contributed by atoms with Crippen LogP contribution in [0.3, 0.4) is 0 Å². The van der Waals surface area contributed by atoms with Gasteiger partial charge in [0.15, 0.2) is 0 Å². The number of nitrogens with two attached hydrogens (primary N) is 1. The smallest absolute Gasteiger partial charge is 0.325 e. The van der Waals surface area contributed by atoms with Crippen molar-refractivity contribution < 1.29 is 29.4 Å². The molecule has 5 unspecified atom stereocenters.